The molecule has 0 bridgehead atoms. The van der Waals surface area contributed by atoms with Gasteiger partial charge in [-0.3, -0.25) is 20.2 Å². The highest BCUT2D eigenvalue weighted by atomic mass is 16.6. The summed E-state index contributed by atoms with van der Waals surface area (Å²) in [4.78, 5) is 22.2. The highest BCUT2D eigenvalue weighted by Gasteiger charge is 2.34. The Morgan fingerprint density at radius 1 is 1.13 bits per heavy atom. The average molecular weight is 435 g/mol. The fourth-order valence-corrected chi connectivity index (χ4v) is 3.01. The molecule has 168 valence electrons. The summed E-state index contributed by atoms with van der Waals surface area (Å²) in [6, 6.07) is 12.6. The number of hydrogen-bond donors (Lipinski definition) is 1. The number of piperidine rings is 1. The number of para-hydroxylation sites is 1. The Kier molecular flexibility index (Phi) is 8.97. The second-order valence-corrected chi connectivity index (χ2v) is 6.67. The number of hydrogen-bond acceptors (Lipinski definition) is 9. The van der Waals surface area contributed by atoms with E-state index in [1.165, 1.54) is 19.2 Å². The monoisotopic (exact) mass is 435 g/mol. The fraction of sp³-hybridized carbons (Fsp3) is 0.400. The van der Waals surface area contributed by atoms with Gasteiger partial charge in [0, 0.05) is 31.1 Å². The molecule has 1 saturated heterocycles. The molecule has 0 aromatic heterocycles. The van der Waals surface area contributed by atoms with Crippen molar-refractivity contribution < 1.29 is 29.2 Å². The van der Waals surface area contributed by atoms with E-state index in [0.29, 0.717) is 26.1 Å². The number of non-ortho nitro benzene ring substituents is 1. The van der Waals surface area contributed by atoms with E-state index in [2.05, 4.69) is 0 Å². The third-order valence-electron chi connectivity index (χ3n) is 4.71. The van der Waals surface area contributed by atoms with Crippen LogP contribution in [0.4, 0.5) is 5.69 Å². The predicted octanol–water partition coefficient (Wildman–Crippen LogP) is 3.05. The largest absolute Gasteiger partial charge is 0.504 e. The Balaban J connectivity index is 0.000000245. The van der Waals surface area contributed by atoms with Crippen molar-refractivity contribution in [1.29, 1.82) is 0 Å². The molecule has 0 spiro atoms. The van der Waals surface area contributed by atoms with Crippen molar-refractivity contribution in [2.75, 3.05) is 27.5 Å². The molecule has 31 heavy (non-hydrogen) atoms. The van der Waals surface area contributed by atoms with E-state index in [4.69, 9.17) is 19.3 Å². The molecule has 2 aromatic carbocycles. The Hall–Kier alpha value is -3.44. The van der Waals surface area contributed by atoms with Crippen molar-refractivity contribution in [3.63, 3.8) is 0 Å². The van der Waals surface area contributed by atoms with Gasteiger partial charge in [-0.05, 0) is 18.2 Å². The van der Waals surface area contributed by atoms with Crippen LogP contribution in [-0.2, 0) is 4.74 Å². The molecule has 1 aliphatic heterocycles. The fourth-order valence-electron chi connectivity index (χ4n) is 3.01. The van der Waals surface area contributed by atoms with Crippen molar-refractivity contribution in [1.82, 2.24) is 4.90 Å². The van der Waals surface area contributed by atoms with Gasteiger partial charge in [0.2, 0.25) is 6.04 Å². The van der Waals surface area contributed by atoms with Gasteiger partial charge in [0.15, 0.2) is 11.5 Å². The van der Waals surface area contributed by atoms with Crippen LogP contribution in [0.25, 0.3) is 0 Å². The van der Waals surface area contributed by atoms with Crippen LogP contribution >= 0.6 is 0 Å². The van der Waals surface area contributed by atoms with Crippen LogP contribution in [0.15, 0.2) is 48.5 Å². The summed E-state index contributed by atoms with van der Waals surface area (Å²) < 4.78 is 15.7. The molecule has 0 aliphatic carbocycles. The summed E-state index contributed by atoms with van der Waals surface area (Å²) in [5, 5.41) is 30.1. The van der Waals surface area contributed by atoms with Gasteiger partial charge in [-0.2, -0.15) is 0 Å². The Morgan fingerprint density at radius 2 is 1.84 bits per heavy atom. The number of phenolic OH excluding ortho intramolecular Hbond substituents is 1. The number of rotatable bonds is 7. The number of methoxy groups -OCH3 is 2. The normalized spacial score (nSPS) is 18.4. The van der Waals surface area contributed by atoms with Crippen LogP contribution in [0.1, 0.15) is 12.8 Å². The van der Waals surface area contributed by atoms with Gasteiger partial charge >= 0.3 is 0 Å². The number of ether oxygens (including phenoxy) is 3. The zero-order chi connectivity index (χ0) is 22.8. The molecule has 11 heteroatoms. The van der Waals surface area contributed by atoms with Gasteiger partial charge in [-0.15, -0.1) is 0 Å². The molecule has 2 aromatic rings. The quantitative estimate of drug-likeness (QED) is 0.513. The summed E-state index contributed by atoms with van der Waals surface area (Å²) >= 11 is 0. The van der Waals surface area contributed by atoms with E-state index in [-0.39, 0.29) is 28.3 Å². The van der Waals surface area contributed by atoms with Crippen LogP contribution in [0, 0.1) is 20.2 Å². The van der Waals surface area contributed by atoms with Crippen LogP contribution < -0.4 is 9.47 Å². The SMILES string of the molecule is COC1CC([N+](=O)[O-])CCN1COc1ccccc1.COc1ccc([N+](=O)[O-])cc1O. The highest BCUT2D eigenvalue weighted by Crippen LogP contribution is 2.29. The lowest BCUT2D eigenvalue weighted by Gasteiger charge is -2.34. The number of nitrogens with zero attached hydrogens (tertiary/aromatic N) is 3. The van der Waals surface area contributed by atoms with E-state index < -0.39 is 11.0 Å². The zero-order valence-corrected chi connectivity index (χ0v) is 17.2. The third kappa shape index (κ3) is 7.08. The smallest absolute Gasteiger partial charge is 0.273 e. The number of aromatic hydroxyl groups is 1. The highest BCUT2D eigenvalue weighted by molar-refractivity contribution is 5.47. The summed E-state index contributed by atoms with van der Waals surface area (Å²) in [5.41, 5.74) is -0.159. The molecule has 0 amide bonds. The number of likely N-dealkylation sites (tertiary alicyclic amines) is 1. The number of benzene rings is 2. The second-order valence-electron chi connectivity index (χ2n) is 6.67. The molecule has 11 nitrogen and oxygen atoms in total. The Labute approximate surface area is 179 Å². The summed E-state index contributed by atoms with van der Waals surface area (Å²) in [6.45, 7) is 0.990. The molecule has 2 unspecified atom stereocenters. The van der Waals surface area contributed by atoms with E-state index in [0.717, 1.165) is 11.8 Å². The van der Waals surface area contributed by atoms with E-state index in [1.54, 1.807) is 7.11 Å². The van der Waals surface area contributed by atoms with Gasteiger partial charge in [0.05, 0.1) is 24.5 Å². The molecular formula is C20H25N3O8. The lowest BCUT2D eigenvalue weighted by atomic mass is 10.0. The summed E-state index contributed by atoms with van der Waals surface area (Å²) in [5.74, 6) is 0.779. The third-order valence-corrected chi connectivity index (χ3v) is 4.71. The minimum atomic E-state index is -0.584. The van der Waals surface area contributed by atoms with Gasteiger partial charge < -0.3 is 19.3 Å². The molecule has 0 saturated carbocycles. The first-order chi connectivity index (χ1) is 14.8. The van der Waals surface area contributed by atoms with Crippen LogP contribution in [0.2, 0.25) is 0 Å². The van der Waals surface area contributed by atoms with Crippen LogP contribution in [-0.4, -0.2) is 59.6 Å². The molecular weight excluding hydrogens is 410 g/mol. The molecule has 1 N–H and O–H groups in total. The van der Waals surface area contributed by atoms with Crippen molar-refractivity contribution in [2.24, 2.45) is 0 Å². The lowest BCUT2D eigenvalue weighted by molar-refractivity contribution is -0.531. The van der Waals surface area contributed by atoms with E-state index >= 15 is 0 Å². The zero-order valence-electron chi connectivity index (χ0n) is 17.2. The first kappa shape index (κ1) is 23.8. The Morgan fingerprint density at radius 3 is 2.39 bits per heavy atom. The maximum absolute atomic E-state index is 10.8. The lowest BCUT2D eigenvalue weighted by Crippen LogP contribution is -2.48. The topological polar surface area (TPSA) is 137 Å². The maximum Gasteiger partial charge on any atom is 0.273 e. The van der Waals surface area contributed by atoms with E-state index in [9.17, 15) is 20.2 Å². The van der Waals surface area contributed by atoms with Crippen molar-refractivity contribution >= 4 is 5.69 Å². The first-order valence-electron chi connectivity index (χ1n) is 9.45. The first-order valence-corrected chi connectivity index (χ1v) is 9.45. The molecule has 1 aliphatic rings. The number of phenols is 1. The van der Waals surface area contributed by atoms with Crippen molar-refractivity contribution in [3.05, 3.63) is 68.8 Å². The van der Waals surface area contributed by atoms with Crippen LogP contribution in [0.5, 0.6) is 17.2 Å². The molecule has 2 atom stereocenters. The average Bonchev–Trinajstić information content (AvgIpc) is 2.78. The van der Waals surface area contributed by atoms with Gasteiger partial charge in [-0.1, -0.05) is 18.2 Å². The Bertz CT molecular complexity index is 865. The molecule has 0 radical (unpaired) electrons. The molecule has 1 heterocycles. The van der Waals surface area contributed by atoms with Gasteiger partial charge in [-0.25, -0.2) is 4.90 Å². The predicted molar refractivity (Wildman–Crippen MR) is 111 cm³/mol. The van der Waals surface area contributed by atoms with E-state index in [1.807, 2.05) is 35.2 Å². The minimum absolute atomic E-state index is 0.159. The summed E-state index contributed by atoms with van der Waals surface area (Å²) in [6.07, 6.45) is 0.681. The molecule has 3 rings (SSSR count). The number of nitro benzene ring substituents is 1. The van der Waals surface area contributed by atoms with Crippen molar-refractivity contribution in [2.45, 2.75) is 25.1 Å². The van der Waals surface area contributed by atoms with Gasteiger partial charge in [0.1, 0.15) is 18.7 Å². The van der Waals surface area contributed by atoms with Gasteiger partial charge in [0.25, 0.3) is 5.69 Å². The molecule has 1 fully saturated rings. The standard InChI is InChI=1S/C13H18N2O4.C7H7NO4/c1-18-13-9-11(15(16)17)7-8-14(13)10-19-12-5-3-2-4-6-12;1-12-7-3-2-5(8(10)11)4-6(7)9/h2-6,11,13H,7-10H2,1H3;2-4,9H,1H3. The second kappa shape index (κ2) is 11.7. The maximum atomic E-state index is 10.8. The summed E-state index contributed by atoms with van der Waals surface area (Å²) in [7, 11) is 2.95. The minimum Gasteiger partial charge on any atom is -0.504 e. The number of nitro groups is 2. The van der Waals surface area contributed by atoms with Crippen LogP contribution in [0.3, 0.4) is 0 Å². The van der Waals surface area contributed by atoms with Crippen molar-refractivity contribution in [3.8, 4) is 17.2 Å².